The molecular formula is C14H13BrN2O3S. The van der Waals surface area contributed by atoms with Crippen LogP contribution < -0.4 is 9.04 Å². The smallest absolute Gasteiger partial charge is 0.269 e. The lowest BCUT2D eigenvalue weighted by atomic mass is 10.2. The number of methoxy groups -OCH3 is 1. The van der Waals surface area contributed by atoms with Gasteiger partial charge in [0.05, 0.1) is 12.8 Å². The van der Waals surface area contributed by atoms with E-state index in [2.05, 4.69) is 20.9 Å². The molecule has 5 nitrogen and oxygen atoms in total. The molecule has 110 valence electrons. The van der Waals surface area contributed by atoms with Gasteiger partial charge in [-0.3, -0.25) is 4.31 Å². The number of benzene rings is 1. The normalized spacial score (nSPS) is 14.1. The summed E-state index contributed by atoms with van der Waals surface area (Å²) in [4.78, 5) is 4.08. The van der Waals surface area contributed by atoms with Crippen molar-refractivity contribution in [1.82, 2.24) is 4.98 Å². The summed E-state index contributed by atoms with van der Waals surface area (Å²) < 4.78 is 32.9. The fraction of sp³-hybridized carbons (Fsp3) is 0.214. The summed E-state index contributed by atoms with van der Waals surface area (Å²) >= 11 is 3.26. The fourth-order valence-corrected chi connectivity index (χ4v) is 4.54. The van der Waals surface area contributed by atoms with E-state index in [1.165, 1.54) is 23.7 Å². The molecule has 0 saturated heterocycles. The maximum Gasteiger partial charge on any atom is 0.269 e. The molecule has 0 aliphatic carbocycles. The Bertz CT molecular complexity index is 793. The molecule has 0 saturated carbocycles. The molecule has 0 atom stereocenters. The zero-order valence-corrected chi connectivity index (χ0v) is 13.7. The summed E-state index contributed by atoms with van der Waals surface area (Å²) in [6.07, 6.45) is 2.22. The van der Waals surface area contributed by atoms with Gasteiger partial charge in [0.15, 0.2) is 4.90 Å². The maximum atomic E-state index is 12.9. The van der Waals surface area contributed by atoms with Crippen LogP contribution in [0.1, 0.15) is 5.56 Å². The summed E-state index contributed by atoms with van der Waals surface area (Å²) in [5.41, 5.74) is 1.75. The van der Waals surface area contributed by atoms with Gasteiger partial charge in [0, 0.05) is 17.2 Å². The van der Waals surface area contributed by atoms with Crippen molar-refractivity contribution in [2.75, 3.05) is 18.0 Å². The fourth-order valence-electron chi connectivity index (χ4n) is 2.42. The van der Waals surface area contributed by atoms with Crippen LogP contribution in [-0.4, -0.2) is 27.1 Å². The van der Waals surface area contributed by atoms with Crippen molar-refractivity contribution < 1.29 is 13.2 Å². The van der Waals surface area contributed by atoms with Gasteiger partial charge in [0.2, 0.25) is 5.88 Å². The Kier molecular flexibility index (Phi) is 3.62. The number of para-hydroxylation sites is 1. The van der Waals surface area contributed by atoms with E-state index in [1.54, 1.807) is 0 Å². The molecule has 1 aliphatic heterocycles. The number of sulfonamides is 1. The van der Waals surface area contributed by atoms with Gasteiger partial charge in [0.25, 0.3) is 10.0 Å². The lowest BCUT2D eigenvalue weighted by Crippen LogP contribution is -2.29. The first-order valence-corrected chi connectivity index (χ1v) is 8.57. The number of halogens is 1. The summed E-state index contributed by atoms with van der Waals surface area (Å²) in [5, 5.41) is 0. The largest absolute Gasteiger partial charge is 0.480 e. The first-order valence-electron chi connectivity index (χ1n) is 6.34. The molecule has 2 heterocycles. The molecule has 2 aromatic rings. The van der Waals surface area contributed by atoms with Crippen LogP contribution in [0.2, 0.25) is 0 Å². The molecule has 1 aliphatic rings. The monoisotopic (exact) mass is 368 g/mol. The summed E-state index contributed by atoms with van der Waals surface area (Å²) in [5.74, 6) is 0.0996. The average Bonchev–Trinajstić information content (AvgIpc) is 2.92. The van der Waals surface area contributed by atoms with Crippen LogP contribution in [0.4, 0.5) is 5.69 Å². The zero-order valence-electron chi connectivity index (χ0n) is 11.3. The first kappa shape index (κ1) is 14.3. The van der Waals surface area contributed by atoms with Gasteiger partial charge in [-0.05, 0) is 40.0 Å². The molecule has 21 heavy (non-hydrogen) atoms. The molecule has 1 aromatic heterocycles. The van der Waals surface area contributed by atoms with E-state index in [4.69, 9.17) is 4.74 Å². The molecule has 0 spiro atoms. The number of anilines is 1. The van der Waals surface area contributed by atoms with E-state index < -0.39 is 10.0 Å². The van der Waals surface area contributed by atoms with E-state index >= 15 is 0 Å². The molecular weight excluding hydrogens is 356 g/mol. The van der Waals surface area contributed by atoms with Gasteiger partial charge >= 0.3 is 0 Å². The van der Waals surface area contributed by atoms with Gasteiger partial charge in [-0.15, -0.1) is 0 Å². The number of hydrogen-bond acceptors (Lipinski definition) is 4. The summed E-state index contributed by atoms with van der Waals surface area (Å²) in [6.45, 7) is 0.428. The second-order valence-electron chi connectivity index (χ2n) is 4.62. The van der Waals surface area contributed by atoms with Crippen molar-refractivity contribution in [3.8, 4) is 5.88 Å². The minimum atomic E-state index is -3.70. The number of ether oxygens (including phenoxy) is 1. The van der Waals surface area contributed by atoms with Crippen LogP contribution >= 0.6 is 15.9 Å². The second kappa shape index (κ2) is 5.31. The molecule has 0 unspecified atom stereocenters. The van der Waals surface area contributed by atoms with Gasteiger partial charge < -0.3 is 4.74 Å². The van der Waals surface area contributed by atoms with Crippen molar-refractivity contribution in [2.45, 2.75) is 11.3 Å². The number of fused-ring (bicyclic) bond motifs is 1. The molecule has 3 rings (SSSR count). The Morgan fingerprint density at radius 3 is 2.86 bits per heavy atom. The van der Waals surface area contributed by atoms with E-state index in [9.17, 15) is 8.42 Å². The highest BCUT2D eigenvalue weighted by atomic mass is 79.9. The van der Waals surface area contributed by atoms with Crippen LogP contribution in [0.25, 0.3) is 0 Å². The highest BCUT2D eigenvalue weighted by Gasteiger charge is 2.33. The number of pyridine rings is 1. The van der Waals surface area contributed by atoms with E-state index in [0.717, 1.165) is 11.3 Å². The lowest BCUT2D eigenvalue weighted by Gasteiger charge is -2.20. The third-order valence-corrected chi connectivity index (χ3v) is 5.63. The predicted molar refractivity (Wildman–Crippen MR) is 83.2 cm³/mol. The number of aromatic nitrogens is 1. The summed E-state index contributed by atoms with van der Waals surface area (Å²) in [6, 6.07) is 9.03. The Morgan fingerprint density at radius 2 is 2.10 bits per heavy atom. The number of rotatable bonds is 3. The van der Waals surface area contributed by atoms with Crippen LogP contribution in [0, 0.1) is 0 Å². The Labute approximate surface area is 131 Å². The van der Waals surface area contributed by atoms with Gasteiger partial charge in [-0.1, -0.05) is 18.2 Å². The third-order valence-electron chi connectivity index (χ3n) is 3.39. The Balaban J connectivity index is 2.13. The van der Waals surface area contributed by atoms with E-state index in [1.807, 2.05) is 24.3 Å². The Morgan fingerprint density at radius 1 is 1.33 bits per heavy atom. The van der Waals surface area contributed by atoms with Crippen molar-refractivity contribution in [3.05, 3.63) is 46.6 Å². The van der Waals surface area contributed by atoms with Crippen molar-refractivity contribution >= 4 is 31.6 Å². The molecule has 0 fully saturated rings. The molecule has 1 aromatic carbocycles. The number of nitrogens with zero attached hydrogens (tertiary/aromatic N) is 2. The quantitative estimate of drug-likeness (QED) is 0.835. The van der Waals surface area contributed by atoms with E-state index in [0.29, 0.717) is 17.4 Å². The highest BCUT2D eigenvalue weighted by Crippen LogP contribution is 2.35. The second-order valence-corrected chi connectivity index (χ2v) is 7.36. The van der Waals surface area contributed by atoms with Crippen LogP contribution in [-0.2, 0) is 16.4 Å². The van der Waals surface area contributed by atoms with Gasteiger partial charge in [-0.25, -0.2) is 13.4 Å². The van der Waals surface area contributed by atoms with Crippen LogP contribution in [0.5, 0.6) is 5.88 Å². The van der Waals surface area contributed by atoms with Crippen molar-refractivity contribution in [1.29, 1.82) is 0 Å². The molecule has 0 amide bonds. The van der Waals surface area contributed by atoms with Crippen LogP contribution in [0.15, 0.2) is 45.9 Å². The molecule has 7 heteroatoms. The highest BCUT2D eigenvalue weighted by molar-refractivity contribution is 9.10. The molecule has 0 radical (unpaired) electrons. The predicted octanol–water partition coefficient (Wildman–Crippen LogP) is 2.60. The van der Waals surface area contributed by atoms with Crippen molar-refractivity contribution in [3.63, 3.8) is 0 Å². The summed E-state index contributed by atoms with van der Waals surface area (Å²) in [7, 11) is -2.29. The first-order chi connectivity index (χ1) is 10.0. The topological polar surface area (TPSA) is 59.5 Å². The standard InChI is InChI=1S/C14H13BrN2O3S/c1-20-14-13(8-11(15)9-16-14)21(18,19)17-7-6-10-4-2-3-5-12(10)17/h2-5,8-9H,6-7H2,1H3. The maximum absolute atomic E-state index is 12.9. The third kappa shape index (κ3) is 2.40. The average molecular weight is 369 g/mol. The van der Waals surface area contributed by atoms with Crippen LogP contribution in [0.3, 0.4) is 0 Å². The van der Waals surface area contributed by atoms with Crippen molar-refractivity contribution in [2.24, 2.45) is 0 Å². The lowest BCUT2D eigenvalue weighted by molar-refractivity contribution is 0.385. The molecule has 0 N–H and O–H groups in total. The minimum absolute atomic E-state index is 0.0658. The zero-order chi connectivity index (χ0) is 15.0. The SMILES string of the molecule is COc1ncc(Br)cc1S(=O)(=O)N1CCc2ccccc21. The van der Waals surface area contributed by atoms with E-state index in [-0.39, 0.29) is 10.8 Å². The minimum Gasteiger partial charge on any atom is -0.480 e. The van der Waals surface area contributed by atoms with Gasteiger partial charge in [-0.2, -0.15) is 0 Å². The van der Waals surface area contributed by atoms with Gasteiger partial charge in [0.1, 0.15) is 0 Å². The number of hydrogen-bond donors (Lipinski definition) is 0. The Hall–Kier alpha value is -1.60. The molecule has 0 bridgehead atoms.